The van der Waals surface area contributed by atoms with E-state index in [1.54, 1.807) is 0 Å². The monoisotopic (exact) mass is 271 g/mol. The zero-order valence-corrected chi connectivity index (χ0v) is 12.9. The van der Waals surface area contributed by atoms with Gasteiger partial charge in [-0.15, -0.1) is 0 Å². The van der Waals surface area contributed by atoms with Crippen molar-refractivity contribution in [2.75, 3.05) is 0 Å². The normalized spacial score (nSPS) is 34.5. The molecular weight excluding hydrogens is 246 g/mol. The molecule has 0 N–H and O–H groups in total. The minimum absolute atomic E-state index is 0.158. The van der Waals surface area contributed by atoms with Crippen molar-refractivity contribution in [3.8, 4) is 0 Å². The lowest BCUT2D eigenvalue weighted by molar-refractivity contribution is -0.166. The minimum atomic E-state index is 0.158. The second kappa shape index (κ2) is 5.25. The zero-order valence-electron chi connectivity index (χ0n) is 12.9. The molecule has 2 heteroatoms. The maximum absolute atomic E-state index is 6.45. The topological polar surface area (TPSA) is 14.2 Å². The Bertz CT molecular complexity index is 586. The van der Waals surface area contributed by atoms with Crippen molar-refractivity contribution in [2.45, 2.75) is 46.4 Å². The molecule has 1 saturated heterocycles. The van der Waals surface area contributed by atoms with Crippen LogP contribution >= 0.6 is 0 Å². The Balaban J connectivity index is 2.00. The molecule has 3 rings (SSSR count). The molecule has 2 aromatic rings. The lowest BCUT2D eigenvalue weighted by atomic mass is 9.77. The Morgan fingerprint density at radius 1 is 1.00 bits per heavy atom. The van der Waals surface area contributed by atoms with E-state index in [9.17, 15) is 0 Å². The van der Waals surface area contributed by atoms with Crippen molar-refractivity contribution in [2.24, 2.45) is 17.8 Å². The molecule has 0 saturated carbocycles. The number of hydrogen-bond acceptors (Lipinski definition) is 1. The Morgan fingerprint density at radius 3 is 2.50 bits per heavy atom. The van der Waals surface area contributed by atoms with E-state index in [-0.39, 0.29) is 6.23 Å². The molecule has 0 bridgehead atoms. The standard InChI is InChI=1S/C18H25NO/c1-5-17-13(3)12(2)14(4)18(20-17)19-11-10-15-8-6-7-9-16(15)19/h6-14,17-18H,5H2,1-4H3/t12-,13-,14+,17+,18+/m0/s1. The molecule has 1 aromatic carbocycles. The second-order valence-electron chi connectivity index (χ2n) is 6.33. The summed E-state index contributed by atoms with van der Waals surface area (Å²) in [5.74, 6) is 1.84. The van der Waals surface area contributed by atoms with Crippen LogP contribution in [0.1, 0.15) is 40.3 Å². The summed E-state index contributed by atoms with van der Waals surface area (Å²) in [5, 5.41) is 1.29. The van der Waals surface area contributed by atoms with Crippen LogP contribution in [-0.4, -0.2) is 10.7 Å². The van der Waals surface area contributed by atoms with Crippen molar-refractivity contribution in [1.29, 1.82) is 0 Å². The molecular formula is C18H25NO. The molecule has 2 heterocycles. The number of ether oxygens (including phenoxy) is 1. The summed E-state index contributed by atoms with van der Waals surface area (Å²) in [6, 6.07) is 10.7. The fourth-order valence-electron chi connectivity index (χ4n) is 3.62. The molecule has 1 fully saturated rings. The Labute approximate surface area is 121 Å². The SMILES string of the molecule is CC[C@H]1O[C@@H](n2ccc3ccccc32)[C@H](C)[C@@H](C)[C@@H]1C. The molecule has 20 heavy (non-hydrogen) atoms. The van der Waals surface area contributed by atoms with Crippen LogP contribution in [0.5, 0.6) is 0 Å². The van der Waals surface area contributed by atoms with Crippen LogP contribution in [-0.2, 0) is 4.74 Å². The van der Waals surface area contributed by atoms with E-state index in [1.807, 2.05) is 0 Å². The first kappa shape index (κ1) is 13.7. The summed E-state index contributed by atoms with van der Waals surface area (Å²) in [4.78, 5) is 0. The average Bonchev–Trinajstić information content (AvgIpc) is 2.89. The highest BCUT2D eigenvalue weighted by molar-refractivity contribution is 5.80. The molecule has 0 unspecified atom stereocenters. The van der Waals surface area contributed by atoms with Gasteiger partial charge in [0.25, 0.3) is 0 Å². The third-order valence-corrected chi connectivity index (χ3v) is 5.32. The molecule has 1 aliphatic rings. The molecule has 0 spiro atoms. The van der Waals surface area contributed by atoms with Crippen molar-refractivity contribution < 1.29 is 4.74 Å². The maximum atomic E-state index is 6.45. The van der Waals surface area contributed by atoms with Gasteiger partial charge in [-0.25, -0.2) is 0 Å². The van der Waals surface area contributed by atoms with E-state index in [0.717, 1.165) is 6.42 Å². The number of hydrogen-bond donors (Lipinski definition) is 0. The van der Waals surface area contributed by atoms with Crippen LogP contribution in [0.4, 0.5) is 0 Å². The van der Waals surface area contributed by atoms with Gasteiger partial charge in [-0.3, -0.25) is 0 Å². The van der Waals surface area contributed by atoms with Crippen molar-refractivity contribution in [3.63, 3.8) is 0 Å². The fourth-order valence-corrected chi connectivity index (χ4v) is 3.62. The van der Waals surface area contributed by atoms with E-state index in [0.29, 0.717) is 23.9 Å². The maximum Gasteiger partial charge on any atom is 0.137 e. The van der Waals surface area contributed by atoms with Gasteiger partial charge in [0.15, 0.2) is 0 Å². The van der Waals surface area contributed by atoms with E-state index in [2.05, 4.69) is 68.8 Å². The first-order chi connectivity index (χ1) is 9.63. The van der Waals surface area contributed by atoms with Crippen LogP contribution < -0.4 is 0 Å². The molecule has 0 aliphatic carbocycles. The second-order valence-corrected chi connectivity index (χ2v) is 6.33. The van der Waals surface area contributed by atoms with Crippen molar-refractivity contribution >= 4 is 10.9 Å². The smallest absolute Gasteiger partial charge is 0.137 e. The molecule has 1 aliphatic heterocycles. The summed E-state index contributed by atoms with van der Waals surface area (Å²) in [6.45, 7) is 9.26. The first-order valence-corrected chi connectivity index (χ1v) is 7.84. The highest BCUT2D eigenvalue weighted by atomic mass is 16.5. The van der Waals surface area contributed by atoms with Crippen molar-refractivity contribution in [3.05, 3.63) is 36.5 Å². The van der Waals surface area contributed by atoms with Gasteiger partial charge >= 0.3 is 0 Å². The third-order valence-electron chi connectivity index (χ3n) is 5.32. The molecule has 5 atom stereocenters. The highest BCUT2D eigenvalue weighted by Crippen LogP contribution is 2.42. The summed E-state index contributed by atoms with van der Waals surface area (Å²) in [6.07, 6.45) is 3.80. The van der Waals surface area contributed by atoms with E-state index < -0.39 is 0 Å². The summed E-state index contributed by atoms with van der Waals surface area (Å²) in [5.41, 5.74) is 1.28. The van der Waals surface area contributed by atoms with Gasteiger partial charge in [0.2, 0.25) is 0 Å². The summed E-state index contributed by atoms with van der Waals surface area (Å²) >= 11 is 0. The van der Waals surface area contributed by atoms with E-state index >= 15 is 0 Å². The molecule has 2 nitrogen and oxygen atoms in total. The molecule has 0 radical (unpaired) electrons. The van der Waals surface area contributed by atoms with Crippen LogP contribution in [0.3, 0.4) is 0 Å². The van der Waals surface area contributed by atoms with Crippen LogP contribution in [0.2, 0.25) is 0 Å². The largest absolute Gasteiger partial charge is 0.354 e. The van der Waals surface area contributed by atoms with Gasteiger partial charge in [-0.05, 0) is 35.8 Å². The number of aromatic nitrogens is 1. The number of rotatable bonds is 2. The third kappa shape index (κ3) is 2.07. The van der Waals surface area contributed by atoms with Gasteiger partial charge in [0, 0.05) is 12.1 Å². The zero-order chi connectivity index (χ0) is 14.3. The average molecular weight is 271 g/mol. The van der Waals surface area contributed by atoms with Gasteiger partial charge in [-0.1, -0.05) is 45.9 Å². The van der Waals surface area contributed by atoms with Crippen LogP contribution in [0.25, 0.3) is 10.9 Å². The van der Waals surface area contributed by atoms with Crippen molar-refractivity contribution in [1.82, 2.24) is 4.57 Å². The Morgan fingerprint density at radius 2 is 1.75 bits per heavy atom. The van der Waals surface area contributed by atoms with Crippen LogP contribution in [0.15, 0.2) is 36.5 Å². The predicted octanol–water partition coefficient (Wildman–Crippen LogP) is 4.86. The summed E-state index contributed by atoms with van der Waals surface area (Å²) in [7, 11) is 0. The predicted molar refractivity (Wildman–Crippen MR) is 83.6 cm³/mol. The van der Waals surface area contributed by atoms with E-state index in [4.69, 9.17) is 4.74 Å². The lowest BCUT2D eigenvalue weighted by Crippen LogP contribution is -2.42. The van der Waals surface area contributed by atoms with E-state index in [1.165, 1.54) is 10.9 Å². The van der Waals surface area contributed by atoms with Gasteiger partial charge in [-0.2, -0.15) is 0 Å². The number of nitrogens with zero attached hydrogens (tertiary/aromatic N) is 1. The molecule has 0 amide bonds. The Kier molecular flexibility index (Phi) is 3.59. The Hall–Kier alpha value is -1.28. The first-order valence-electron chi connectivity index (χ1n) is 7.84. The van der Waals surface area contributed by atoms with Gasteiger partial charge in [0.1, 0.15) is 6.23 Å². The van der Waals surface area contributed by atoms with Crippen LogP contribution in [0, 0.1) is 17.8 Å². The number of benzene rings is 1. The fraction of sp³-hybridized carbons (Fsp3) is 0.556. The molecule has 1 aromatic heterocycles. The minimum Gasteiger partial charge on any atom is -0.354 e. The summed E-state index contributed by atoms with van der Waals surface area (Å²) < 4.78 is 8.77. The lowest BCUT2D eigenvalue weighted by Gasteiger charge is -2.44. The van der Waals surface area contributed by atoms with Gasteiger partial charge in [0.05, 0.1) is 11.6 Å². The van der Waals surface area contributed by atoms with Gasteiger partial charge < -0.3 is 9.30 Å². The number of para-hydroxylation sites is 1. The highest BCUT2D eigenvalue weighted by Gasteiger charge is 2.39. The number of fused-ring (bicyclic) bond motifs is 1. The molecule has 108 valence electrons. The quantitative estimate of drug-likeness (QED) is 0.761.